The van der Waals surface area contributed by atoms with Gasteiger partial charge in [0.15, 0.2) is 0 Å². The predicted octanol–water partition coefficient (Wildman–Crippen LogP) is 9.26. The van der Waals surface area contributed by atoms with Crippen molar-refractivity contribution in [2.24, 2.45) is 68.5 Å². The monoisotopic (exact) mass is 765 g/mol. The molecule has 16 atom stereocenters. The van der Waals surface area contributed by atoms with Crippen LogP contribution in [0.3, 0.4) is 0 Å². The Bertz CT molecular complexity index is 1300. The Labute approximate surface area is 327 Å². The number of halogens is 1. The van der Waals surface area contributed by atoms with Crippen LogP contribution in [0, 0.1) is 68.5 Å². The third-order valence-electron chi connectivity index (χ3n) is 17.8. The molecule has 0 heterocycles. The first-order chi connectivity index (χ1) is 25.5. The summed E-state index contributed by atoms with van der Waals surface area (Å²) in [6.45, 7) is 18.1. The van der Waals surface area contributed by atoms with Crippen LogP contribution in [-0.4, -0.2) is 84.7 Å². The highest BCUT2D eigenvalue weighted by Crippen LogP contribution is 2.70. The number of alkyl halides is 1. The predicted molar refractivity (Wildman–Crippen MR) is 208 cm³/mol. The Morgan fingerprint density at radius 2 is 1.13 bits per heavy atom. The summed E-state index contributed by atoms with van der Waals surface area (Å²) in [6.07, 6.45) is 11.4. The molecule has 8 nitrogen and oxygen atoms in total. The van der Waals surface area contributed by atoms with Crippen LogP contribution < -0.4 is 0 Å². The highest BCUT2D eigenvalue weighted by molar-refractivity contribution is 5.87. The number of carbonyl (C=O) groups excluding carboxylic acids is 2. The molecule has 6 saturated carbocycles. The molecule has 0 aliphatic heterocycles. The van der Waals surface area contributed by atoms with Gasteiger partial charge in [-0.05, 0) is 112 Å². The van der Waals surface area contributed by atoms with Gasteiger partial charge in [-0.25, -0.2) is 0 Å². The van der Waals surface area contributed by atoms with Crippen molar-refractivity contribution >= 4 is 11.6 Å². The van der Waals surface area contributed by atoms with E-state index in [1.54, 1.807) is 14.2 Å². The van der Waals surface area contributed by atoms with E-state index >= 15 is 0 Å². The van der Waals surface area contributed by atoms with Crippen LogP contribution in [0.15, 0.2) is 0 Å². The van der Waals surface area contributed by atoms with Crippen molar-refractivity contribution in [2.75, 3.05) is 48.7 Å². The van der Waals surface area contributed by atoms with Gasteiger partial charge in [-0.3, -0.25) is 14.0 Å². The molecule has 54 heavy (non-hydrogen) atoms. The van der Waals surface area contributed by atoms with Crippen LogP contribution in [-0.2, 0) is 38.0 Å². The maximum atomic E-state index is 13.9. The molecule has 4 bridgehead atoms. The lowest BCUT2D eigenvalue weighted by atomic mass is 9.43. The molecular weight excluding hydrogens is 687 g/mol. The van der Waals surface area contributed by atoms with E-state index in [0.29, 0.717) is 55.4 Å². The summed E-state index contributed by atoms with van der Waals surface area (Å²) in [4.78, 5) is 27.1. The maximum absolute atomic E-state index is 13.9. The Hall–Kier alpha value is -0.970. The number of rotatable bonds is 11. The van der Waals surface area contributed by atoms with E-state index in [0.717, 1.165) is 51.4 Å². The SMILES string of the molecule is COCO[C@@H]1C[C@@](C)(CCCF)C(=O)[C@H](C)C23CC[C@@H](C)[C@]1(C)C2[C@H](OC)CC3.COCO[C@@H]1C[C@H](C)C(=O)[C@H](C)C23CC[C@@H](C)[C@]1(C)C2[C@H](OC)CC3. The van der Waals surface area contributed by atoms with E-state index in [1.165, 1.54) is 6.42 Å². The third kappa shape index (κ3) is 7.01. The Morgan fingerprint density at radius 3 is 1.61 bits per heavy atom. The molecular formula is C45H77FO8. The Morgan fingerprint density at radius 1 is 0.667 bits per heavy atom. The van der Waals surface area contributed by atoms with Gasteiger partial charge in [0, 0.05) is 62.4 Å². The second-order valence-electron chi connectivity index (χ2n) is 19.7. The van der Waals surface area contributed by atoms with E-state index in [-0.39, 0.29) is 83.2 Å². The van der Waals surface area contributed by atoms with Gasteiger partial charge in [-0.2, -0.15) is 0 Å². The normalized spacial score (nSPS) is 48.8. The summed E-state index contributed by atoms with van der Waals surface area (Å²) in [5.41, 5.74) is -0.643. The highest BCUT2D eigenvalue weighted by atomic mass is 19.1. The number of ketones is 2. The topological polar surface area (TPSA) is 89.5 Å². The third-order valence-corrected chi connectivity index (χ3v) is 17.8. The first-order valence-corrected chi connectivity index (χ1v) is 21.4. The molecule has 0 N–H and O–H groups in total. The van der Waals surface area contributed by atoms with Crippen LogP contribution in [0.1, 0.15) is 132 Å². The van der Waals surface area contributed by atoms with E-state index in [9.17, 15) is 14.0 Å². The first-order valence-electron chi connectivity index (χ1n) is 21.4. The second kappa shape index (κ2) is 17.1. The lowest BCUT2D eigenvalue weighted by Gasteiger charge is -2.62. The molecule has 0 radical (unpaired) electrons. The van der Waals surface area contributed by atoms with Crippen molar-refractivity contribution in [1.29, 1.82) is 0 Å². The van der Waals surface area contributed by atoms with Crippen molar-refractivity contribution in [2.45, 2.75) is 157 Å². The van der Waals surface area contributed by atoms with Crippen LogP contribution in [0.5, 0.6) is 0 Å². The van der Waals surface area contributed by atoms with Gasteiger partial charge < -0.3 is 28.4 Å². The molecule has 0 aromatic carbocycles. The summed E-state index contributed by atoms with van der Waals surface area (Å²) in [5.74, 6) is 2.52. The average Bonchev–Trinajstić information content (AvgIpc) is 3.76. The summed E-state index contributed by atoms with van der Waals surface area (Å²) in [6, 6.07) is 0. The molecule has 0 amide bonds. The quantitative estimate of drug-likeness (QED) is 0.193. The van der Waals surface area contributed by atoms with Crippen LogP contribution >= 0.6 is 0 Å². The van der Waals surface area contributed by atoms with E-state index in [1.807, 2.05) is 21.1 Å². The zero-order valence-corrected chi connectivity index (χ0v) is 36.1. The lowest BCUT2D eigenvalue weighted by Crippen LogP contribution is -2.63. The average molecular weight is 765 g/mol. The largest absolute Gasteiger partial charge is 0.381 e. The fraction of sp³-hybridized carbons (Fsp3) is 0.956. The maximum Gasteiger partial charge on any atom is 0.146 e. The summed E-state index contributed by atoms with van der Waals surface area (Å²) in [5, 5.41) is 0. The number of ether oxygens (including phenoxy) is 6. The minimum Gasteiger partial charge on any atom is -0.381 e. The van der Waals surface area contributed by atoms with Gasteiger partial charge >= 0.3 is 0 Å². The molecule has 312 valence electrons. The van der Waals surface area contributed by atoms with Crippen molar-refractivity contribution in [3.63, 3.8) is 0 Å². The summed E-state index contributed by atoms with van der Waals surface area (Å²) >= 11 is 0. The van der Waals surface area contributed by atoms with Crippen LogP contribution in [0.25, 0.3) is 0 Å². The van der Waals surface area contributed by atoms with Gasteiger partial charge in [0.25, 0.3) is 0 Å². The van der Waals surface area contributed by atoms with Gasteiger partial charge in [0.2, 0.25) is 0 Å². The zero-order valence-electron chi connectivity index (χ0n) is 36.1. The fourth-order valence-corrected chi connectivity index (χ4v) is 14.3. The minimum absolute atomic E-state index is 0.0111. The number of Topliss-reactive ketones (excluding diaryl/α,β-unsaturated/α-hetero) is 2. The van der Waals surface area contributed by atoms with Crippen molar-refractivity contribution < 1.29 is 42.4 Å². The number of carbonyl (C=O) groups is 2. The van der Waals surface area contributed by atoms with Gasteiger partial charge in [0.1, 0.15) is 25.2 Å². The number of methoxy groups -OCH3 is 4. The molecule has 0 saturated heterocycles. The van der Waals surface area contributed by atoms with Crippen molar-refractivity contribution in [3.8, 4) is 0 Å². The molecule has 4 unspecified atom stereocenters. The number of hydrogen-bond acceptors (Lipinski definition) is 8. The van der Waals surface area contributed by atoms with Gasteiger partial charge in [0.05, 0.1) is 31.1 Å². The highest BCUT2D eigenvalue weighted by Gasteiger charge is 2.69. The first kappa shape index (κ1) is 44.1. The molecule has 0 aromatic heterocycles. The molecule has 9 heteroatoms. The van der Waals surface area contributed by atoms with E-state index in [2.05, 4.69) is 48.5 Å². The van der Waals surface area contributed by atoms with Crippen LogP contribution in [0.4, 0.5) is 4.39 Å². The molecule has 6 aliphatic rings. The van der Waals surface area contributed by atoms with Crippen molar-refractivity contribution in [1.82, 2.24) is 0 Å². The van der Waals surface area contributed by atoms with Gasteiger partial charge in [-0.1, -0.05) is 55.4 Å². The van der Waals surface area contributed by atoms with Crippen LogP contribution in [0.2, 0.25) is 0 Å². The van der Waals surface area contributed by atoms with E-state index < -0.39 is 5.41 Å². The van der Waals surface area contributed by atoms with Crippen molar-refractivity contribution in [3.05, 3.63) is 0 Å². The standard InChI is InChI=1S/C24H41FO4.C21H36O4/c1-16-8-11-24-12-9-18(28-6)20(24)23(16,4)19(29-15-27-5)14-22(3,10-7-13-25)21(26)17(24)2;1-13-11-17(25-12-23-5)20(4)14(2)7-9-21(15(3)18(13)22)10-8-16(24-6)19(20)21/h16-20H,7-15H2,1-6H3;13-17,19H,7-12H2,1-6H3/t16-,17+,18-,19-,20?,22-,23+,24?;13-,14+,15-,16+,17+,19?,20-,21?/m10/s1. The molecule has 6 fully saturated rings. The molecule has 6 aliphatic carbocycles. The smallest absolute Gasteiger partial charge is 0.146 e. The Kier molecular flexibility index (Phi) is 14.0. The molecule has 0 aromatic rings. The van der Waals surface area contributed by atoms with E-state index in [4.69, 9.17) is 28.4 Å². The zero-order chi connectivity index (χ0) is 39.9. The summed E-state index contributed by atoms with van der Waals surface area (Å²) in [7, 11) is 6.97. The molecule has 6 rings (SSSR count). The van der Waals surface area contributed by atoms with Gasteiger partial charge in [-0.15, -0.1) is 0 Å². The Balaban J connectivity index is 0.000000210. The lowest BCUT2D eigenvalue weighted by molar-refractivity contribution is -0.220. The fourth-order valence-electron chi connectivity index (χ4n) is 14.3. The second-order valence-corrected chi connectivity index (χ2v) is 19.7. The number of hydrogen-bond donors (Lipinski definition) is 0. The minimum atomic E-state index is -0.564. The summed E-state index contributed by atoms with van der Waals surface area (Å²) < 4.78 is 48.3. The molecule has 0 spiro atoms.